The molecule has 0 bridgehead atoms. The zero-order chi connectivity index (χ0) is 16.3. The van der Waals surface area contributed by atoms with E-state index in [0.717, 1.165) is 12.8 Å². The Morgan fingerprint density at radius 3 is 1.09 bits per heavy atom. The molecule has 0 aromatic carbocycles. The molecule has 0 saturated carbocycles. The fraction of sp³-hybridized carbons (Fsp3) is 1.00. The summed E-state index contributed by atoms with van der Waals surface area (Å²) in [7, 11) is 0. The van der Waals surface area contributed by atoms with Gasteiger partial charge in [-0.25, -0.2) is 0 Å². The number of hydrogen-bond acceptors (Lipinski definition) is 2. The Labute approximate surface area is 142 Å². The van der Waals surface area contributed by atoms with Crippen molar-refractivity contribution in [1.29, 1.82) is 0 Å². The van der Waals surface area contributed by atoms with Crippen molar-refractivity contribution in [2.24, 2.45) is 0 Å². The smallest absolute Gasteiger partial charge is 0.0102 e. The first kappa shape index (κ1) is 22.1. The molecule has 0 aliphatic carbocycles. The van der Waals surface area contributed by atoms with E-state index in [4.69, 9.17) is 0 Å². The Balaban J connectivity index is 2.95. The van der Waals surface area contributed by atoms with Crippen LogP contribution >= 0.6 is 0 Å². The molecule has 0 saturated heterocycles. The van der Waals surface area contributed by atoms with Gasteiger partial charge in [-0.2, -0.15) is 0 Å². The first-order valence-electron chi connectivity index (χ1n) is 9.83. The minimum absolute atomic E-state index is 0.346. The first-order chi connectivity index (χ1) is 10.8. The van der Waals surface area contributed by atoms with Crippen LogP contribution in [0.4, 0.5) is 0 Å². The summed E-state index contributed by atoms with van der Waals surface area (Å²) >= 11 is -1.83. The normalized spacial score (nSPS) is 12.6. The summed E-state index contributed by atoms with van der Waals surface area (Å²) in [5, 5.41) is 0. The summed E-state index contributed by atoms with van der Waals surface area (Å²) in [6.45, 7) is 2.28. The van der Waals surface area contributed by atoms with Crippen LogP contribution in [0.5, 0.6) is 0 Å². The molecule has 1 atom stereocenters. The lowest BCUT2D eigenvalue weighted by atomic mass is 10.0. The van der Waals surface area contributed by atoms with Crippen LogP contribution in [0, 0.1) is 0 Å². The lowest BCUT2D eigenvalue weighted by molar-refractivity contribution is 0.523. The minimum atomic E-state index is -1.83. The van der Waals surface area contributed by atoms with Crippen molar-refractivity contribution in [1.82, 2.24) is 0 Å². The fourth-order valence-corrected chi connectivity index (χ4v) is 3.38. The second-order valence-corrected chi connectivity index (χ2v) is 7.68. The van der Waals surface area contributed by atoms with Crippen molar-refractivity contribution in [2.45, 2.75) is 116 Å². The van der Waals surface area contributed by atoms with E-state index >= 15 is 0 Å². The number of rotatable bonds is 18. The Kier molecular flexibility index (Phi) is 19.3. The topological polar surface area (TPSA) is 40.1 Å². The number of hydrogen-bond donors (Lipinski definition) is 0. The monoisotopic (exact) mass is 331 g/mol. The maximum Gasteiger partial charge on any atom is 0.0102 e. The molecule has 3 heteroatoms. The van der Waals surface area contributed by atoms with Gasteiger partial charge in [0, 0.05) is 5.75 Å². The maximum atomic E-state index is 10.4. The van der Waals surface area contributed by atoms with Crippen LogP contribution < -0.4 is 0 Å². The summed E-state index contributed by atoms with van der Waals surface area (Å²) in [6, 6.07) is 0. The van der Waals surface area contributed by atoms with E-state index in [1.54, 1.807) is 0 Å². The van der Waals surface area contributed by atoms with Crippen LogP contribution in [0.1, 0.15) is 116 Å². The number of unbranched alkanes of at least 4 members (excludes halogenated alkanes) is 16. The highest BCUT2D eigenvalue weighted by atomic mass is 32.2. The second-order valence-electron chi connectivity index (χ2n) is 6.66. The van der Waals surface area contributed by atoms with Crippen molar-refractivity contribution in [3.8, 4) is 0 Å². The van der Waals surface area contributed by atoms with Gasteiger partial charge >= 0.3 is 0 Å². The summed E-state index contributed by atoms with van der Waals surface area (Å²) < 4.78 is 20.7. The predicted octanol–water partition coefficient (Wildman–Crippen LogP) is 6.52. The molecule has 0 rings (SSSR count). The molecular weight excluding hydrogens is 292 g/mol. The largest absolute Gasteiger partial charge is 0.772 e. The molecule has 0 radical (unpaired) electrons. The highest BCUT2D eigenvalue weighted by Gasteiger charge is 1.94. The van der Waals surface area contributed by atoms with Crippen LogP contribution in [0.3, 0.4) is 0 Å². The Hall–Kier alpha value is 0.110. The summed E-state index contributed by atoms with van der Waals surface area (Å²) in [5.74, 6) is 0.346. The van der Waals surface area contributed by atoms with Crippen LogP contribution in [-0.4, -0.2) is 14.5 Å². The van der Waals surface area contributed by atoms with Gasteiger partial charge in [0.25, 0.3) is 0 Å². The highest BCUT2D eigenvalue weighted by Crippen LogP contribution is 2.13. The first-order valence-corrected chi connectivity index (χ1v) is 11.1. The Morgan fingerprint density at radius 1 is 0.545 bits per heavy atom. The minimum Gasteiger partial charge on any atom is -0.772 e. The third-order valence-corrected chi connectivity index (χ3v) is 5.04. The van der Waals surface area contributed by atoms with Crippen LogP contribution in [0.25, 0.3) is 0 Å². The van der Waals surface area contributed by atoms with Gasteiger partial charge in [-0.05, 0) is 6.42 Å². The van der Waals surface area contributed by atoms with E-state index in [1.807, 2.05) is 0 Å². The zero-order valence-electron chi connectivity index (χ0n) is 15.0. The zero-order valence-corrected chi connectivity index (χ0v) is 15.8. The molecule has 0 fully saturated rings. The summed E-state index contributed by atoms with van der Waals surface area (Å²) in [4.78, 5) is 0. The predicted molar refractivity (Wildman–Crippen MR) is 97.9 cm³/mol. The van der Waals surface area contributed by atoms with Gasteiger partial charge in [0.2, 0.25) is 0 Å². The molecule has 0 aliphatic heterocycles. The SMILES string of the molecule is CCCCCCCCCCCCCCCCCCCS(=O)[O-]. The van der Waals surface area contributed by atoms with Crippen molar-refractivity contribution in [2.75, 3.05) is 5.75 Å². The van der Waals surface area contributed by atoms with Crippen molar-refractivity contribution in [3.63, 3.8) is 0 Å². The maximum absolute atomic E-state index is 10.4. The van der Waals surface area contributed by atoms with Gasteiger partial charge in [0.05, 0.1) is 0 Å². The van der Waals surface area contributed by atoms with Crippen molar-refractivity contribution < 1.29 is 8.76 Å². The molecule has 0 aliphatic rings. The van der Waals surface area contributed by atoms with Gasteiger partial charge in [-0.15, -0.1) is 0 Å². The van der Waals surface area contributed by atoms with E-state index < -0.39 is 11.1 Å². The summed E-state index contributed by atoms with van der Waals surface area (Å²) in [5.41, 5.74) is 0. The van der Waals surface area contributed by atoms with E-state index in [9.17, 15) is 8.76 Å². The Bertz CT molecular complexity index is 231. The van der Waals surface area contributed by atoms with Gasteiger partial charge < -0.3 is 4.55 Å². The molecule has 22 heavy (non-hydrogen) atoms. The lowest BCUT2D eigenvalue weighted by Gasteiger charge is -2.05. The molecule has 2 nitrogen and oxygen atoms in total. The third-order valence-electron chi connectivity index (χ3n) is 4.41. The molecule has 0 amide bonds. The molecule has 0 aromatic heterocycles. The molecule has 0 heterocycles. The van der Waals surface area contributed by atoms with Crippen LogP contribution in [-0.2, 0) is 11.1 Å². The van der Waals surface area contributed by atoms with Crippen LogP contribution in [0.15, 0.2) is 0 Å². The average Bonchev–Trinajstić information content (AvgIpc) is 2.50. The molecule has 0 aromatic rings. The van der Waals surface area contributed by atoms with E-state index in [1.165, 1.54) is 96.3 Å². The fourth-order valence-electron chi connectivity index (χ4n) is 2.94. The van der Waals surface area contributed by atoms with Crippen LogP contribution in [0.2, 0.25) is 0 Å². The van der Waals surface area contributed by atoms with Crippen molar-refractivity contribution in [3.05, 3.63) is 0 Å². The van der Waals surface area contributed by atoms with Gasteiger partial charge in [0.15, 0.2) is 0 Å². The molecule has 134 valence electrons. The third kappa shape index (κ3) is 20.1. The highest BCUT2D eigenvalue weighted by molar-refractivity contribution is 7.79. The van der Waals surface area contributed by atoms with E-state index in [2.05, 4.69) is 6.92 Å². The molecular formula is C19H39O2S-. The average molecular weight is 332 g/mol. The van der Waals surface area contributed by atoms with Crippen molar-refractivity contribution >= 4 is 11.1 Å². The standard InChI is InChI=1S/C19H40O2S/c1-2-3-4-5-6-7-8-9-10-11-12-13-14-15-16-17-18-19-22(20)21/h2-19H2,1H3,(H,20,21)/p-1. The van der Waals surface area contributed by atoms with E-state index in [0.29, 0.717) is 5.75 Å². The molecule has 0 spiro atoms. The van der Waals surface area contributed by atoms with E-state index in [-0.39, 0.29) is 0 Å². The second kappa shape index (κ2) is 19.2. The quantitative estimate of drug-likeness (QED) is 0.212. The summed E-state index contributed by atoms with van der Waals surface area (Å²) in [6.07, 6.45) is 22.7. The Morgan fingerprint density at radius 2 is 0.818 bits per heavy atom. The molecule has 0 N–H and O–H groups in total. The molecule has 1 unspecified atom stereocenters. The lowest BCUT2D eigenvalue weighted by Crippen LogP contribution is -1.94. The van der Waals surface area contributed by atoms with Gasteiger partial charge in [-0.1, -0.05) is 121 Å². The van der Waals surface area contributed by atoms with Gasteiger partial charge in [0.1, 0.15) is 0 Å². The van der Waals surface area contributed by atoms with Gasteiger partial charge in [-0.3, -0.25) is 4.21 Å².